The predicted molar refractivity (Wildman–Crippen MR) is 173 cm³/mol. The van der Waals surface area contributed by atoms with Crippen molar-refractivity contribution in [3.05, 3.63) is 125 Å². The van der Waals surface area contributed by atoms with Gasteiger partial charge in [0, 0.05) is 24.2 Å². The van der Waals surface area contributed by atoms with Crippen molar-refractivity contribution in [3.8, 4) is 11.5 Å². The fraction of sp³-hybridized carbons (Fsp3) is 0.306. The number of hydrogen-bond donors (Lipinski definition) is 1. The maximum absolute atomic E-state index is 12.0. The Kier molecular flexibility index (Phi) is 11.6. The average Bonchev–Trinajstić information content (AvgIpc) is 2.97. The maximum atomic E-state index is 12.0. The Balaban J connectivity index is 1.53. The van der Waals surface area contributed by atoms with E-state index in [4.69, 9.17) is 9.47 Å². The summed E-state index contributed by atoms with van der Waals surface area (Å²) in [4.78, 5) is 14.3. The molecule has 4 rings (SSSR count). The minimum Gasteiger partial charge on any atom is -0.489 e. The van der Waals surface area contributed by atoms with Crippen molar-refractivity contribution in [1.29, 1.82) is 0 Å². The Hall–Kier alpha value is -3.66. The molecule has 0 radical (unpaired) electrons. The lowest BCUT2D eigenvalue weighted by molar-refractivity contribution is -0.143. The third kappa shape index (κ3) is 9.44. The molecule has 42 heavy (non-hydrogen) atoms. The van der Waals surface area contributed by atoms with Gasteiger partial charge in [0.2, 0.25) is 0 Å². The van der Waals surface area contributed by atoms with E-state index in [9.17, 15) is 9.90 Å². The van der Waals surface area contributed by atoms with Gasteiger partial charge in [0.25, 0.3) is 0 Å². The molecule has 4 aromatic rings. The fourth-order valence-corrected chi connectivity index (χ4v) is 5.24. The number of benzene rings is 4. The second kappa shape index (κ2) is 15.5. The van der Waals surface area contributed by atoms with E-state index in [2.05, 4.69) is 75.7 Å². The van der Waals surface area contributed by atoms with Crippen LogP contribution in [0.4, 0.5) is 0 Å². The second-order valence-electron chi connectivity index (χ2n) is 11.2. The van der Waals surface area contributed by atoms with Gasteiger partial charge in [-0.05, 0) is 54.4 Å². The van der Waals surface area contributed by atoms with E-state index in [1.54, 1.807) is 0 Å². The van der Waals surface area contributed by atoms with Crippen LogP contribution in [-0.2, 0) is 31.1 Å². The van der Waals surface area contributed by atoms with Crippen molar-refractivity contribution in [1.82, 2.24) is 4.90 Å². The first kappa shape index (κ1) is 31.3. The van der Waals surface area contributed by atoms with Crippen molar-refractivity contribution >= 4 is 20.5 Å². The molecule has 2 unspecified atom stereocenters. The minimum absolute atomic E-state index is 0.0535. The summed E-state index contributed by atoms with van der Waals surface area (Å²) in [5.41, 5.74) is 5.57. The number of aryl methyl sites for hydroxylation is 1. The molecule has 5 nitrogen and oxygen atoms in total. The third-order valence-electron chi connectivity index (χ3n) is 7.46. The predicted octanol–water partition coefficient (Wildman–Crippen LogP) is 7.40. The van der Waals surface area contributed by atoms with Crippen molar-refractivity contribution in [3.63, 3.8) is 0 Å². The standard InChI is InChI=1S/C36H42NO4P/c1-26(2)33(36(38)39)19-20-37(22-30-11-4-6-13-34(30)40-24-28-15-17-32(42)18-16-28)23-31-12-5-7-14-35(31)41-25-29-10-8-9-27(3)21-29/h4-18,21,26,33H,19-20,22-25,42H2,1-3H3,(H,38,39). The smallest absolute Gasteiger partial charge is 0.306 e. The molecule has 0 saturated carbocycles. The summed E-state index contributed by atoms with van der Waals surface area (Å²) in [6, 6.07) is 32.8. The first-order chi connectivity index (χ1) is 20.3. The largest absolute Gasteiger partial charge is 0.489 e. The summed E-state index contributed by atoms with van der Waals surface area (Å²) in [7, 11) is 2.70. The fourth-order valence-electron chi connectivity index (χ4n) is 5.05. The lowest BCUT2D eigenvalue weighted by Gasteiger charge is -2.27. The number of hydrogen-bond acceptors (Lipinski definition) is 4. The monoisotopic (exact) mass is 583 g/mol. The Labute approximate surface area is 252 Å². The van der Waals surface area contributed by atoms with Crippen LogP contribution in [0.15, 0.2) is 97.1 Å². The van der Waals surface area contributed by atoms with Crippen molar-refractivity contribution in [2.75, 3.05) is 6.54 Å². The van der Waals surface area contributed by atoms with E-state index in [1.807, 2.05) is 56.3 Å². The lowest BCUT2D eigenvalue weighted by atomic mass is 9.92. The SMILES string of the molecule is Cc1cccc(COc2ccccc2CN(CCC(C(=O)O)C(C)C)Cc2ccccc2OCc2ccc(P)cc2)c1. The minimum atomic E-state index is -0.743. The summed E-state index contributed by atoms with van der Waals surface area (Å²) < 4.78 is 12.6. The number of carbonyl (C=O) groups is 1. The zero-order valence-electron chi connectivity index (χ0n) is 24.8. The van der Waals surface area contributed by atoms with Crippen molar-refractivity contribution in [2.45, 2.75) is 53.5 Å². The van der Waals surface area contributed by atoms with Gasteiger partial charge in [-0.15, -0.1) is 9.24 Å². The van der Waals surface area contributed by atoms with Gasteiger partial charge in [0.15, 0.2) is 0 Å². The molecule has 0 aromatic heterocycles. The topological polar surface area (TPSA) is 59.0 Å². The van der Waals surface area contributed by atoms with E-state index in [0.29, 0.717) is 39.3 Å². The number of carboxylic acid groups (broad SMARTS) is 1. The van der Waals surface area contributed by atoms with Crippen LogP contribution in [0.5, 0.6) is 11.5 Å². The molecule has 1 N–H and O–H groups in total. The number of aliphatic carboxylic acids is 1. The van der Waals surface area contributed by atoms with E-state index < -0.39 is 11.9 Å². The molecule has 0 aliphatic carbocycles. The van der Waals surface area contributed by atoms with E-state index in [-0.39, 0.29) is 5.92 Å². The van der Waals surface area contributed by atoms with Gasteiger partial charge in [0.1, 0.15) is 24.7 Å². The van der Waals surface area contributed by atoms with Gasteiger partial charge in [-0.3, -0.25) is 9.69 Å². The summed E-state index contributed by atoms with van der Waals surface area (Å²) in [5, 5.41) is 11.0. The van der Waals surface area contributed by atoms with Crippen molar-refractivity contribution < 1.29 is 19.4 Å². The molecule has 2 atom stereocenters. The number of ether oxygens (including phenoxy) is 2. The summed E-state index contributed by atoms with van der Waals surface area (Å²) in [5.74, 6) is 0.571. The third-order valence-corrected chi connectivity index (χ3v) is 7.85. The van der Waals surface area contributed by atoms with Gasteiger partial charge in [-0.25, -0.2) is 0 Å². The van der Waals surface area contributed by atoms with Gasteiger partial charge >= 0.3 is 5.97 Å². The highest BCUT2D eigenvalue weighted by molar-refractivity contribution is 7.27. The zero-order chi connectivity index (χ0) is 29.9. The van der Waals surface area contributed by atoms with Crippen LogP contribution < -0.4 is 14.8 Å². The van der Waals surface area contributed by atoms with Crippen LogP contribution in [0.3, 0.4) is 0 Å². The lowest BCUT2D eigenvalue weighted by Crippen LogP contribution is -2.29. The Morgan fingerprint density at radius 2 is 1.36 bits per heavy atom. The molecule has 6 heteroatoms. The Bertz CT molecular complexity index is 1440. The molecule has 0 heterocycles. The molecule has 0 amide bonds. The molecule has 4 aromatic carbocycles. The van der Waals surface area contributed by atoms with Gasteiger partial charge in [0.05, 0.1) is 5.92 Å². The number of rotatable bonds is 15. The summed E-state index contributed by atoms with van der Waals surface area (Å²) in [6.45, 7) is 8.88. The molecular weight excluding hydrogens is 541 g/mol. The average molecular weight is 584 g/mol. The highest BCUT2D eigenvalue weighted by Gasteiger charge is 2.23. The molecule has 0 fully saturated rings. The van der Waals surface area contributed by atoms with E-state index >= 15 is 0 Å². The van der Waals surface area contributed by atoms with E-state index in [1.165, 1.54) is 5.56 Å². The molecule has 0 spiro atoms. The van der Waals surface area contributed by atoms with Crippen LogP contribution in [0.2, 0.25) is 0 Å². The first-order valence-electron chi connectivity index (χ1n) is 14.5. The number of para-hydroxylation sites is 2. The second-order valence-corrected chi connectivity index (χ2v) is 11.9. The number of carboxylic acids is 1. The molecule has 0 aliphatic heterocycles. The normalized spacial score (nSPS) is 12.0. The van der Waals surface area contributed by atoms with Gasteiger partial charge in [-0.2, -0.15) is 0 Å². The highest BCUT2D eigenvalue weighted by atomic mass is 31.0. The zero-order valence-corrected chi connectivity index (χ0v) is 26.0. The number of nitrogens with zero attached hydrogens (tertiary/aromatic N) is 1. The van der Waals surface area contributed by atoms with Crippen LogP contribution in [0, 0.1) is 18.8 Å². The summed E-state index contributed by atoms with van der Waals surface area (Å²) >= 11 is 0. The van der Waals surface area contributed by atoms with Crippen LogP contribution in [0.25, 0.3) is 0 Å². The highest BCUT2D eigenvalue weighted by Crippen LogP contribution is 2.27. The molecule has 220 valence electrons. The molecule has 0 aliphatic rings. The Morgan fingerprint density at radius 1 is 0.786 bits per heavy atom. The Morgan fingerprint density at radius 3 is 1.90 bits per heavy atom. The van der Waals surface area contributed by atoms with E-state index in [0.717, 1.165) is 39.1 Å². The first-order valence-corrected chi connectivity index (χ1v) is 15.1. The van der Waals surface area contributed by atoms with Gasteiger partial charge in [-0.1, -0.05) is 104 Å². The quantitative estimate of drug-likeness (QED) is 0.148. The van der Waals surface area contributed by atoms with Crippen molar-refractivity contribution in [2.24, 2.45) is 11.8 Å². The molecule has 0 saturated heterocycles. The van der Waals surface area contributed by atoms with Crippen LogP contribution >= 0.6 is 9.24 Å². The van der Waals surface area contributed by atoms with Crippen LogP contribution in [-0.4, -0.2) is 22.5 Å². The molecule has 0 bridgehead atoms. The van der Waals surface area contributed by atoms with Gasteiger partial charge < -0.3 is 14.6 Å². The summed E-state index contributed by atoms with van der Waals surface area (Å²) in [6.07, 6.45) is 0.559. The van der Waals surface area contributed by atoms with Crippen LogP contribution in [0.1, 0.15) is 48.1 Å². The molecular formula is C36H42NO4P. The maximum Gasteiger partial charge on any atom is 0.306 e.